The lowest BCUT2D eigenvalue weighted by Gasteiger charge is -2.33. The number of rotatable bonds is 6. The van der Waals surface area contributed by atoms with Crippen molar-refractivity contribution in [2.24, 2.45) is 0 Å². The molecule has 2 aromatic carbocycles. The van der Waals surface area contributed by atoms with Gasteiger partial charge in [-0.15, -0.1) is 0 Å². The Hall–Kier alpha value is -2.60. The van der Waals surface area contributed by atoms with E-state index in [0.717, 1.165) is 32.7 Å². The third kappa shape index (κ3) is 4.52. The van der Waals surface area contributed by atoms with Gasteiger partial charge < -0.3 is 19.9 Å². The Bertz CT molecular complexity index is 745. The molecule has 1 fully saturated rings. The number of carbonyl (C=O) groups excluding carboxylic acids is 1. The second-order valence-corrected chi connectivity index (χ2v) is 6.44. The summed E-state index contributed by atoms with van der Waals surface area (Å²) in [5, 5.41) is 2.91. The van der Waals surface area contributed by atoms with Crippen molar-refractivity contribution in [1.82, 2.24) is 0 Å². The van der Waals surface area contributed by atoms with Crippen molar-refractivity contribution in [3.8, 4) is 5.75 Å². The van der Waals surface area contributed by atoms with Gasteiger partial charge in [0.15, 0.2) is 0 Å². The minimum Gasteiger partial charge on any atom is -0.495 e. The molecule has 0 atom stereocenters. The highest BCUT2D eigenvalue weighted by Gasteiger charge is 2.22. The number of piperazine rings is 1. The molecule has 0 bridgehead atoms. The summed E-state index contributed by atoms with van der Waals surface area (Å²) in [4.78, 5) is 15.7. The smallest absolute Gasteiger partial charge is 0.230 e. The molecule has 0 unspecified atom stereocenters. The van der Waals surface area contributed by atoms with Gasteiger partial charge in [-0.3, -0.25) is 4.79 Å². The van der Waals surface area contributed by atoms with Crippen LogP contribution in [0.5, 0.6) is 5.75 Å². The summed E-state index contributed by atoms with van der Waals surface area (Å²) in [6.45, 7) is 4.16. The highest BCUT2D eigenvalue weighted by Crippen LogP contribution is 2.23. The Balaban J connectivity index is 1.45. The van der Waals surface area contributed by atoms with Gasteiger partial charge in [-0.2, -0.15) is 0 Å². The van der Waals surface area contributed by atoms with Crippen LogP contribution in [0.3, 0.4) is 0 Å². The normalized spacial score (nSPS) is 14.9. The van der Waals surface area contributed by atoms with E-state index >= 15 is 0 Å². The number of nitrogens with one attached hydrogen (secondary N) is 2. The van der Waals surface area contributed by atoms with Crippen molar-refractivity contribution >= 4 is 17.3 Å². The Morgan fingerprint density at radius 2 is 1.85 bits per heavy atom. The minimum absolute atomic E-state index is 0.0152. The fourth-order valence-electron chi connectivity index (χ4n) is 3.27. The predicted molar refractivity (Wildman–Crippen MR) is 100 cm³/mol. The fourth-order valence-corrected chi connectivity index (χ4v) is 3.27. The summed E-state index contributed by atoms with van der Waals surface area (Å²) in [7, 11) is 1.59. The van der Waals surface area contributed by atoms with E-state index in [1.54, 1.807) is 13.2 Å². The van der Waals surface area contributed by atoms with E-state index < -0.39 is 0 Å². The average molecular weight is 358 g/mol. The van der Waals surface area contributed by atoms with Crippen LogP contribution in [0.4, 0.5) is 15.8 Å². The molecule has 1 heterocycles. The topological polar surface area (TPSA) is 46.0 Å². The van der Waals surface area contributed by atoms with Gasteiger partial charge >= 0.3 is 0 Å². The SMILES string of the molecule is COc1ccccc1NC(=O)CC[NH+]1CCN(c2ccccc2F)CC1. The lowest BCUT2D eigenvalue weighted by atomic mass is 10.2. The average Bonchev–Trinajstić information content (AvgIpc) is 2.68. The highest BCUT2D eigenvalue weighted by atomic mass is 19.1. The number of carbonyl (C=O) groups is 1. The number of benzene rings is 2. The maximum absolute atomic E-state index is 13.9. The van der Waals surface area contributed by atoms with Crippen LogP contribution in [-0.4, -0.2) is 45.7 Å². The summed E-state index contributed by atoms with van der Waals surface area (Å²) in [6.07, 6.45) is 0.451. The largest absolute Gasteiger partial charge is 0.495 e. The first kappa shape index (κ1) is 18.2. The van der Waals surface area contributed by atoms with E-state index in [2.05, 4.69) is 10.2 Å². The summed E-state index contributed by atoms with van der Waals surface area (Å²) in [5.74, 6) is 0.470. The van der Waals surface area contributed by atoms with Crippen LogP contribution in [0, 0.1) is 5.82 Å². The standard InChI is InChI=1S/C20H24FN3O2/c1-26-19-9-5-3-7-17(19)22-20(25)10-11-23-12-14-24(15-13-23)18-8-4-2-6-16(18)21/h2-9H,10-15H2,1H3,(H,22,25)/p+1. The second kappa shape index (κ2) is 8.67. The molecule has 6 heteroatoms. The van der Waals surface area contributed by atoms with Crippen LogP contribution < -0.4 is 19.9 Å². The molecule has 1 saturated heterocycles. The van der Waals surface area contributed by atoms with Gasteiger partial charge in [0.25, 0.3) is 0 Å². The van der Waals surface area contributed by atoms with Crippen LogP contribution in [0.15, 0.2) is 48.5 Å². The first-order valence-corrected chi connectivity index (χ1v) is 8.93. The van der Waals surface area contributed by atoms with Crippen molar-refractivity contribution < 1.29 is 18.8 Å². The number of quaternary nitrogens is 1. The molecule has 1 aliphatic rings. The van der Waals surface area contributed by atoms with Crippen LogP contribution in [0.1, 0.15) is 6.42 Å². The number of hydrogen-bond donors (Lipinski definition) is 2. The van der Waals surface area contributed by atoms with Gasteiger partial charge in [-0.1, -0.05) is 24.3 Å². The lowest BCUT2D eigenvalue weighted by molar-refractivity contribution is -0.900. The van der Waals surface area contributed by atoms with Crippen LogP contribution in [0.2, 0.25) is 0 Å². The monoisotopic (exact) mass is 358 g/mol. The molecule has 0 spiro atoms. The molecule has 5 nitrogen and oxygen atoms in total. The zero-order valence-electron chi connectivity index (χ0n) is 15.0. The van der Waals surface area contributed by atoms with Crippen molar-refractivity contribution in [3.05, 3.63) is 54.3 Å². The van der Waals surface area contributed by atoms with E-state index in [9.17, 15) is 9.18 Å². The van der Waals surface area contributed by atoms with Crippen molar-refractivity contribution in [3.63, 3.8) is 0 Å². The summed E-state index contributed by atoms with van der Waals surface area (Å²) in [5.41, 5.74) is 1.36. The van der Waals surface area contributed by atoms with E-state index in [0.29, 0.717) is 23.5 Å². The predicted octanol–water partition coefficient (Wildman–Crippen LogP) is 1.57. The van der Waals surface area contributed by atoms with E-state index in [1.807, 2.05) is 36.4 Å². The summed E-state index contributed by atoms with van der Waals surface area (Å²) < 4.78 is 19.1. The third-order valence-corrected chi connectivity index (χ3v) is 4.75. The molecule has 3 rings (SSSR count). The zero-order valence-corrected chi connectivity index (χ0v) is 15.0. The quantitative estimate of drug-likeness (QED) is 0.824. The maximum Gasteiger partial charge on any atom is 0.230 e. The Kier molecular flexibility index (Phi) is 6.07. The molecule has 2 aromatic rings. The molecule has 0 radical (unpaired) electrons. The van der Waals surface area contributed by atoms with Crippen molar-refractivity contribution in [1.29, 1.82) is 0 Å². The number of anilines is 2. The lowest BCUT2D eigenvalue weighted by Crippen LogP contribution is -3.15. The fraction of sp³-hybridized carbons (Fsp3) is 0.350. The Morgan fingerprint density at radius 1 is 1.15 bits per heavy atom. The van der Waals surface area contributed by atoms with E-state index in [-0.39, 0.29) is 11.7 Å². The first-order valence-electron chi connectivity index (χ1n) is 8.93. The van der Waals surface area contributed by atoms with Gasteiger partial charge in [0.1, 0.15) is 11.6 Å². The molecule has 0 aromatic heterocycles. The number of ether oxygens (including phenoxy) is 1. The molecule has 0 aliphatic carbocycles. The number of hydrogen-bond acceptors (Lipinski definition) is 3. The third-order valence-electron chi connectivity index (χ3n) is 4.75. The molecular weight excluding hydrogens is 333 g/mol. The van der Waals surface area contributed by atoms with Gasteiger partial charge in [0.05, 0.1) is 57.6 Å². The Labute approximate surface area is 153 Å². The second-order valence-electron chi connectivity index (χ2n) is 6.44. The van der Waals surface area contributed by atoms with Crippen LogP contribution in [-0.2, 0) is 4.79 Å². The molecule has 1 aliphatic heterocycles. The number of amides is 1. The highest BCUT2D eigenvalue weighted by molar-refractivity contribution is 5.92. The van der Waals surface area contributed by atoms with E-state index in [1.165, 1.54) is 11.0 Å². The number of halogens is 1. The number of para-hydroxylation sites is 3. The molecule has 26 heavy (non-hydrogen) atoms. The van der Waals surface area contributed by atoms with Gasteiger partial charge in [0.2, 0.25) is 5.91 Å². The minimum atomic E-state index is -0.174. The van der Waals surface area contributed by atoms with Crippen molar-refractivity contribution in [2.75, 3.05) is 50.1 Å². The summed E-state index contributed by atoms with van der Waals surface area (Å²) >= 11 is 0. The molecule has 0 saturated carbocycles. The maximum atomic E-state index is 13.9. The molecular formula is C20H25FN3O2+. The molecule has 138 valence electrons. The van der Waals surface area contributed by atoms with E-state index in [4.69, 9.17) is 4.74 Å². The van der Waals surface area contributed by atoms with Crippen molar-refractivity contribution in [2.45, 2.75) is 6.42 Å². The van der Waals surface area contributed by atoms with Gasteiger partial charge in [-0.25, -0.2) is 4.39 Å². The number of methoxy groups -OCH3 is 1. The van der Waals surface area contributed by atoms with Gasteiger partial charge in [0, 0.05) is 0 Å². The van der Waals surface area contributed by atoms with Gasteiger partial charge in [-0.05, 0) is 24.3 Å². The van der Waals surface area contributed by atoms with Crippen LogP contribution in [0.25, 0.3) is 0 Å². The Morgan fingerprint density at radius 3 is 2.58 bits per heavy atom. The number of nitrogens with zero attached hydrogens (tertiary/aromatic N) is 1. The first-order chi connectivity index (χ1) is 12.7. The molecule has 1 amide bonds. The summed E-state index contributed by atoms with van der Waals surface area (Å²) in [6, 6.07) is 14.3. The zero-order chi connectivity index (χ0) is 18.4. The van der Waals surface area contributed by atoms with Crippen LogP contribution >= 0.6 is 0 Å². The molecule has 2 N–H and O–H groups in total.